The van der Waals surface area contributed by atoms with Crippen molar-refractivity contribution in [2.75, 3.05) is 26.4 Å². The summed E-state index contributed by atoms with van der Waals surface area (Å²) in [4.78, 5) is 11.2. The molecule has 0 aliphatic carbocycles. The zero-order valence-corrected chi connectivity index (χ0v) is 16.1. The number of carbonyl (C=O) groups is 1. The lowest BCUT2D eigenvalue weighted by atomic mass is 10.4. The summed E-state index contributed by atoms with van der Waals surface area (Å²) in [7, 11) is -2.10. The quantitative estimate of drug-likeness (QED) is 0.240. The first kappa shape index (κ1) is 20.5. The summed E-state index contributed by atoms with van der Waals surface area (Å²) in [5.74, 6) is -0.310. The van der Waals surface area contributed by atoms with Crippen molar-refractivity contribution < 1.29 is 23.5 Å². The lowest BCUT2D eigenvalue weighted by Gasteiger charge is -2.23. The van der Waals surface area contributed by atoms with Gasteiger partial charge < -0.3 is 18.7 Å². The van der Waals surface area contributed by atoms with Gasteiger partial charge in [-0.05, 0) is 44.9 Å². The second kappa shape index (κ2) is 12.1. The number of aliphatic hydroxyl groups excluding tert-OH is 1. The average Bonchev–Trinajstić information content (AvgIpc) is 2.41. The van der Waals surface area contributed by atoms with Crippen molar-refractivity contribution in [2.45, 2.75) is 44.9 Å². The molecule has 124 valence electrons. The van der Waals surface area contributed by atoms with Crippen LogP contribution in [0, 0.1) is 0 Å². The van der Waals surface area contributed by atoms with Crippen molar-refractivity contribution in [3.63, 3.8) is 0 Å². The molecule has 7 heteroatoms. The van der Waals surface area contributed by atoms with Crippen LogP contribution in [0.25, 0.3) is 0 Å². The van der Waals surface area contributed by atoms with E-state index in [-0.39, 0.29) is 12.6 Å². The third-order valence-corrected chi connectivity index (χ3v) is 9.20. The molecule has 0 aromatic heterocycles. The molecule has 21 heavy (non-hydrogen) atoms. The Morgan fingerprint density at radius 2 is 1.95 bits per heavy atom. The maximum absolute atomic E-state index is 11.2. The summed E-state index contributed by atoms with van der Waals surface area (Å²) in [5, 5.41) is 8.61. The molecular weight excluding hydrogens is 304 g/mol. The summed E-state index contributed by atoms with van der Waals surface area (Å²) >= 11 is 0. The molecule has 0 aliphatic heterocycles. The van der Waals surface area contributed by atoms with Gasteiger partial charge in [-0.15, -0.1) is 0 Å². The maximum atomic E-state index is 11.2. The van der Waals surface area contributed by atoms with Gasteiger partial charge in [-0.3, -0.25) is 0 Å². The van der Waals surface area contributed by atoms with Crippen LogP contribution in [0.15, 0.2) is 12.2 Å². The minimum atomic E-state index is -1.57. The number of hydrogen-bond acceptors (Lipinski definition) is 5. The van der Waals surface area contributed by atoms with E-state index in [2.05, 4.69) is 19.7 Å². The summed E-state index contributed by atoms with van der Waals surface area (Å²) in [5.41, 5.74) is 0.445. The monoisotopic (exact) mass is 334 g/mol. The molecule has 0 aromatic rings. The van der Waals surface area contributed by atoms with E-state index in [1.807, 2.05) is 0 Å². The molecule has 0 aromatic carbocycles. The van der Waals surface area contributed by atoms with E-state index in [4.69, 9.17) is 18.7 Å². The van der Waals surface area contributed by atoms with Crippen molar-refractivity contribution >= 4 is 24.0 Å². The van der Waals surface area contributed by atoms with Crippen LogP contribution < -0.4 is 0 Å². The molecular formula is C14H30O5Si2. The standard InChI is InChI=1S/C14H30O5Si2/c1-13(2)14(16)18-9-5-11-20-19-21(3,4)12-6-8-17-10-7-15/h15H,1,5-12,20H2,2-4H3. The first-order valence-electron chi connectivity index (χ1n) is 7.54. The molecule has 0 saturated carbocycles. The van der Waals surface area contributed by atoms with Gasteiger partial charge in [0.2, 0.25) is 0 Å². The summed E-state index contributed by atoms with van der Waals surface area (Å²) < 4.78 is 16.4. The van der Waals surface area contributed by atoms with Gasteiger partial charge in [0, 0.05) is 12.2 Å². The number of aliphatic hydroxyl groups is 1. The molecule has 0 bridgehead atoms. The van der Waals surface area contributed by atoms with Crippen LogP contribution in [0.2, 0.25) is 25.2 Å². The Labute approximate surface area is 131 Å². The van der Waals surface area contributed by atoms with Gasteiger partial charge in [-0.1, -0.05) is 6.58 Å². The summed E-state index contributed by atoms with van der Waals surface area (Å²) in [6.07, 6.45) is 1.86. The van der Waals surface area contributed by atoms with Crippen molar-refractivity contribution in [3.05, 3.63) is 12.2 Å². The smallest absolute Gasteiger partial charge is 0.333 e. The third kappa shape index (κ3) is 12.9. The van der Waals surface area contributed by atoms with Crippen LogP contribution >= 0.6 is 0 Å². The van der Waals surface area contributed by atoms with E-state index in [9.17, 15) is 4.79 Å². The van der Waals surface area contributed by atoms with Crippen molar-refractivity contribution in [1.82, 2.24) is 0 Å². The average molecular weight is 335 g/mol. The fourth-order valence-corrected chi connectivity index (χ4v) is 6.45. The maximum Gasteiger partial charge on any atom is 0.333 e. The van der Waals surface area contributed by atoms with E-state index >= 15 is 0 Å². The molecule has 0 saturated heterocycles. The van der Waals surface area contributed by atoms with Gasteiger partial charge in [-0.2, -0.15) is 0 Å². The van der Waals surface area contributed by atoms with E-state index in [1.165, 1.54) is 0 Å². The molecule has 0 aliphatic rings. The Morgan fingerprint density at radius 3 is 2.57 bits per heavy atom. The van der Waals surface area contributed by atoms with Crippen molar-refractivity contribution in [1.29, 1.82) is 0 Å². The molecule has 0 unspecified atom stereocenters. The Balaban J connectivity index is 3.52. The number of hydrogen-bond donors (Lipinski definition) is 1. The predicted octanol–water partition coefficient (Wildman–Crippen LogP) is 1.62. The molecule has 1 N–H and O–H groups in total. The van der Waals surface area contributed by atoms with Crippen LogP contribution in [0.5, 0.6) is 0 Å². The van der Waals surface area contributed by atoms with Gasteiger partial charge in [0.05, 0.1) is 19.8 Å². The Bertz CT molecular complexity index is 308. The lowest BCUT2D eigenvalue weighted by molar-refractivity contribution is -0.138. The molecule has 0 atom stereocenters. The van der Waals surface area contributed by atoms with Crippen LogP contribution in [-0.2, 0) is 18.4 Å². The predicted molar refractivity (Wildman–Crippen MR) is 89.6 cm³/mol. The van der Waals surface area contributed by atoms with Crippen LogP contribution in [0.4, 0.5) is 0 Å². The van der Waals surface area contributed by atoms with Gasteiger partial charge >= 0.3 is 5.97 Å². The van der Waals surface area contributed by atoms with E-state index in [0.29, 0.717) is 25.4 Å². The Morgan fingerprint density at radius 1 is 1.24 bits per heavy atom. The highest BCUT2D eigenvalue weighted by molar-refractivity contribution is 6.75. The molecule has 0 amide bonds. The highest BCUT2D eigenvalue weighted by atomic mass is 28.4. The van der Waals surface area contributed by atoms with Gasteiger partial charge in [0.25, 0.3) is 0 Å². The molecule has 0 spiro atoms. The molecule has 0 fully saturated rings. The van der Waals surface area contributed by atoms with E-state index < -0.39 is 18.1 Å². The van der Waals surface area contributed by atoms with Gasteiger partial charge in [-0.25, -0.2) is 4.79 Å². The molecule has 5 nitrogen and oxygen atoms in total. The second-order valence-electron chi connectivity index (χ2n) is 5.67. The van der Waals surface area contributed by atoms with E-state index in [0.717, 1.165) is 24.9 Å². The first-order valence-corrected chi connectivity index (χ1v) is 12.2. The fraction of sp³-hybridized carbons (Fsp3) is 0.786. The number of rotatable bonds is 13. The summed E-state index contributed by atoms with van der Waals surface area (Å²) in [6, 6.07) is 2.11. The van der Waals surface area contributed by atoms with Crippen molar-refractivity contribution in [3.8, 4) is 0 Å². The number of carbonyl (C=O) groups excluding carboxylic acids is 1. The van der Waals surface area contributed by atoms with Crippen LogP contribution in [0.3, 0.4) is 0 Å². The fourth-order valence-electron chi connectivity index (χ4n) is 1.68. The minimum Gasteiger partial charge on any atom is -0.462 e. The highest BCUT2D eigenvalue weighted by Gasteiger charge is 2.20. The number of ether oxygens (including phenoxy) is 2. The van der Waals surface area contributed by atoms with Gasteiger partial charge in [0.15, 0.2) is 8.32 Å². The third-order valence-electron chi connectivity index (χ3n) is 2.92. The van der Waals surface area contributed by atoms with Gasteiger partial charge in [0.1, 0.15) is 9.76 Å². The Kier molecular flexibility index (Phi) is 11.8. The first-order chi connectivity index (χ1) is 9.89. The van der Waals surface area contributed by atoms with E-state index in [1.54, 1.807) is 6.92 Å². The summed E-state index contributed by atoms with van der Waals surface area (Å²) in [6.45, 7) is 11.3. The highest BCUT2D eigenvalue weighted by Crippen LogP contribution is 2.14. The number of esters is 1. The van der Waals surface area contributed by atoms with Crippen LogP contribution in [-0.4, -0.2) is 55.6 Å². The molecule has 0 radical (unpaired) electrons. The largest absolute Gasteiger partial charge is 0.462 e. The van der Waals surface area contributed by atoms with Crippen LogP contribution in [0.1, 0.15) is 19.8 Å². The zero-order valence-electron chi connectivity index (χ0n) is 13.7. The normalized spacial score (nSPS) is 12.0. The lowest BCUT2D eigenvalue weighted by Crippen LogP contribution is -2.32. The zero-order chi connectivity index (χ0) is 16.1. The second-order valence-corrected chi connectivity index (χ2v) is 12.0. The topological polar surface area (TPSA) is 65.0 Å². The van der Waals surface area contributed by atoms with Crippen molar-refractivity contribution in [2.24, 2.45) is 0 Å². The SMILES string of the molecule is C=C(C)C(=O)OCCC[SiH2]O[Si](C)(C)CCCOCCO. The minimum absolute atomic E-state index is 0.0835. The molecule has 0 rings (SSSR count). The molecule has 0 heterocycles. The Hall–Kier alpha value is -0.476.